The molecule has 9 nitrogen and oxygen atoms in total. The fourth-order valence-corrected chi connectivity index (χ4v) is 7.65. The molecule has 0 saturated carbocycles. The fraction of sp³-hybridized carbons (Fsp3) is 0.429. The third-order valence-corrected chi connectivity index (χ3v) is 10.1. The molecule has 0 radical (unpaired) electrons. The summed E-state index contributed by atoms with van der Waals surface area (Å²) in [7, 11) is 2.13. The molecule has 45 heavy (non-hydrogen) atoms. The number of nitrogens with one attached hydrogen (secondary N) is 1. The molecule has 1 aliphatic carbocycles. The first kappa shape index (κ1) is 29.8. The summed E-state index contributed by atoms with van der Waals surface area (Å²) in [5.41, 5.74) is 3.62. The summed E-state index contributed by atoms with van der Waals surface area (Å²) in [5.74, 6) is 0.878. The summed E-state index contributed by atoms with van der Waals surface area (Å²) in [6.07, 6.45) is 10.9. The summed E-state index contributed by atoms with van der Waals surface area (Å²) in [6, 6.07) is 11.6. The molecule has 5 heterocycles. The molecule has 0 amide bonds. The zero-order chi connectivity index (χ0) is 30.8. The van der Waals surface area contributed by atoms with Gasteiger partial charge in [0.2, 0.25) is 5.95 Å². The van der Waals surface area contributed by atoms with Gasteiger partial charge in [0.25, 0.3) is 5.56 Å². The maximum atomic E-state index is 14.1. The Balaban J connectivity index is 1.20. The van der Waals surface area contributed by atoms with Crippen molar-refractivity contribution in [2.24, 2.45) is 5.92 Å². The number of rotatable bonds is 9. The number of carbonyl (C=O) groups excluding carboxylic acids is 1. The average molecular weight is 626 g/mol. The Hall–Kier alpha value is -3.86. The molecule has 7 rings (SSSR count). The van der Waals surface area contributed by atoms with Crippen molar-refractivity contribution in [2.45, 2.75) is 57.6 Å². The van der Waals surface area contributed by atoms with Crippen LogP contribution in [0.15, 0.2) is 58.8 Å². The first-order chi connectivity index (χ1) is 22.0. The number of fused-ring (bicyclic) bond motifs is 1. The SMILES string of the molecule is CN1CCCC(Oc2ccc(Nc3ncc4cc(C(=O)C5CCOCC5)c(=O)n(Cc5ccsc5C5=CCCC5)c4n3)cc2)C1. The van der Waals surface area contributed by atoms with Crippen molar-refractivity contribution < 1.29 is 14.3 Å². The van der Waals surface area contributed by atoms with Gasteiger partial charge in [-0.3, -0.25) is 14.2 Å². The molecular formula is C35H39N5O4S. The molecule has 2 saturated heterocycles. The molecule has 2 fully saturated rings. The largest absolute Gasteiger partial charge is 0.489 e. The topological polar surface area (TPSA) is 98.6 Å². The third-order valence-electron chi connectivity index (χ3n) is 9.09. The lowest BCUT2D eigenvalue weighted by atomic mass is 9.91. The van der Waals surface area contributed by atoms with Crippen LogP contribution in [0.25, 0.3) is 16.6 Å². The zero-order valence-corrected chi connectivity index (χ0v) is 26.5. The first-order valence-corrected chi connectivity index (χ1v) is 16.9. The highest BCUT2D eigenvalue weighted by Crippen LogP contribution is 2.34. The van der Waals surface area contributed by atoms with Crippen molar-refractivity contribution in [3.63, 3.8) is 0 Å². The third kappa shape index (κ3) is 6.59. The van der Waals surface area contributed by atoms with Crippen LogP contribution in [0, 0.1) is 5.92 Å². The number of likely N-dealkylation sites (N-methyl/N-ethyl adjacent to an activating group) is 1. The van der Waals surface area contributed by atoms with Crippen molar-refractivity contribution in [3.05, 3.63) is 80.4 Å². The van der Waals surface area contributed by atoms with E-state index >= 15 is 0 Å². The van der Waals surface area contributed by atoms with Crippen LogP contribution in [-0.4, -0.2) is 64.7 Å². The quantitative estimate of drug-likeness (QED) is 0.217. The predicted molar refractivity (Wildman–Crippen MR) is 178 cm³/mol. The second kappa shape index (κ2) is 13.2. The van der Waals surface area contributed by atoms with E-state index in [2.05, 4.69) is 39.8 Å². The van der Waals surface area contributed by atoms with Gasteiger partial charge in [-0.2, -0.15) is 4.98 Å². The number of hydrogen-bond donors (Lipinski definition) is 1. The number of thiophene rings is 1. The summed E-state index contributed by atoms with van der Waals surface area (Å²) in [6.45, 7) is 3.45. The van der Waals surface area contributed by atoms with Gasteiger partial charge in [-0.05, 0) is 111 Å². The second-order valence-electron chi connectivity index (χ2n) is 12.4. The van der Waals surface area contributed by atoms with E-state index in [1.54, 1.807) is 28.2 Å². The van der Waals surface area contributed by atoms with E-state index in [-0.39, 0.29) is 28.9 Å². The number of benzene rings is 1. The number of piperidine rings is 1. The van der Waals surface area contributed by atoms with Crippen LogP contribution in [-0.2, 0) is 11.3 Å². The molecular weight excluding hydrogens is 586 g/mol. The van der Waals surface area contributed by atoms with Crippen molar-refractivity contribution in [1.82, 2.24) is 19.4 Å². The molecule has 2 aliphatic heterocycles. The highest BCUT2D eigenvalue weighted by atomic mass is 32.1. The van der Waals surface area contributed by atoms with Gasteiger partial charge in [-0.25, -0.2) is 4.98 Å². The molecule has 0 spiro atoms. The van der Waals surface area contributed by atoms with E-state index in [0.29, 0.717) is 49.6 Å². The van der Waals surface area contributed by atoms with Crippen LogP contribution >= 0.6 is 11.3 Å². The predicted octanol–water partition coefficient (Wildman–Crippen LogP) is 6.29. The van der Waals surface area contributed by atoms with E-state index in [1.807, 2.05) is 24.3 Å². The molecule has 3 aromatic heterocycles. The lowest BCUT2D eigenvalue weighted by molar-refractivity contribution is 0.0543. The van der Waals surface area contributed by atoms with Crippen molar-refractivity contribution in [2.75, 3.05) is 38.7 Å². The van der Waals surface area contributed by atoms with Crippen LogP contribution < -0.4 is 15.6 Å². The number of carbonyl (C=O) groups is 1. The number of pyridine rings is 1. The smallest absolute Gasteiger partial charge is 0.263 e. The molecule has 4 aromatic rings. The van der Waals surface area contributed by atoms with Crippen LogP contribution in [0.5, 0.6) is 5.75 Å². The summed E-state index contributed by atoms with van der Waals surface area (Å²) < 4.78 is 13.3. The average Bonchev–Trinajstić information content (AvgIpc) is 3.76. The minimum atomic E-state index is -0.309. The standard InChI is InChI=1S/C35H39N5O4S/c1-39-15-4-7-29(22-39)44-28-10-8-27(9-11-28)37-35-36-20-26-19-30(31(41)23-12-16-43-17-13-23)34(42)40(33(26)38-35)21-25-14-18-45-32(25)24-5-2-3-6-24/h5,8-11,14,18-20,23,29H,2-4,6-7,12-13,15-17,21-22H2,1H3,(H,36,37,38). The van der Waals surface area contributed by atoms with E-state index in [9.17, 15) is 9.59 Å². The van der Waals surface area contributed by atoms with Gasteiger partial charge in [0, 0.05) is 47.8 Å². The normalized spacial score (nSPS) is 19.5. The van der Waals surface area contributed by atoms with Crippen molar-refractivity contribution in [3.8, 4) is 5.75 Å². The maximum absolute atomic E-state index is 14.1. The Morgan fingerprint density at radius 1 is 1.13 bits per heavy atom. The van der Waals surface area contributed by atoms with E-state index in [1.165, 1.54) is 10.5 Å². The Morgan fingerprint density at radius 2 is 1.98 bits per heavy atom. The molecule has 1 aromatic carbocycles. The van der Waals surface area contributed by atoms with Crippen LogP contribution in [0.3, 0.4) is 0 Å². The number of ether oxygens (including phenoxy) is 2. The van der Waals surface area contributed by atoms with Crippen molar-refractivity contribution in [1.29, 1.82) is 0 Å². The Kier molecular flexibility index (Phi) is 8.78. The molecule has 1 atom stereocenters. The zero-order valence-electron chi connectivity index (χ0n) is 25.7. The molecule has 234 valence electrons. The number of aromatic nitrogens is 3. The number of allylic oxidation sites excluding steroid dienone is 2. The highest BCUT2D eigenvalue weighted by Gasteiger charge is 2.27. The lowest BCUT2D eigenvalue weighted by Gasteiger charge is -2.30. The van der Waals surface area contributed by atoms with Gasteiger partial charge in [-0.15, -0.1) is 11.3 Å². The Labute approximate surface area is 266 Å². The van der Waals surface area contributed by atoms with Gasteiger partial charge in [0.15, 0.2) is 5.78 Å². The molecule has 1 N–H and O–H groups in total. The van der Waals surface area contributed by atoms with E-state index in [4.69, 9.17) is 14.5 Å². The van der Waals surface area contributed by atoms with Crippen LogP contribution in [0.2, 0.25) is 0 Å². The number of Topliss-reactive ketones (excluding diaryl/α,β-unsaturated/α-hetero) is 1. The number of nitrogens with zero attached hydrogens (tertiary/aromatic N) is 4. The Morgan fingerprint density at radius 3 is 2.76 bits per heavy atom. The van der Waals surface area contributed by atoms with Gasteiger partial charge in [0.1, 0.15) is 17.5 Å². The highest BCUT2D eigenvalue weighted by molar-refractivity contribution is 7.11. The second-order valence-corrected chi connectivity index (χ2v) is 13.3. The Bertz CT molecular complexity index is 1770. The monoisotopic (exact) mass is 625 g/mol. The minimum Gasteiger partial charge on any atom is -0.489 e. The number of anilines is 2. The molecule has 3 aliphatic rings. The summed E-state index contributed by atoms with van der Waals surface area (Å²) >= 11 is 1.71. The lowest BCUT2D eigenvalue weighted by Crippen LogP contribution is -2.38. The molecule has 10 heteroatoms. The van der Waals surface area contributed by atoms with E-state index < -0.39 is 0 Å². The van der Waals surface area contributed by atoms with Crippen LogP contribution in [0.1, 0.15) is 65.7 Å². The van der Waals surface area contributed by atoms with Gasteiger partial charge in [-0.1, -0.05) is 6.08 Å². The van der Waals surface area contributed by atoms with Gasteiger partial charge in [0.05, 0.1) is 12.1 Å². The number of hydrogen-bond acceptors (Lipinski definition) is 9. The summed E-state index contributed by atoms with van der Waals surface area (Å²) in [5, 5.41) is 6.04. The number of ketones is 1. The summed E-state index contributed by atoms with van der Waals surface area (Å²) in [4.78, 5) is 40.7. The van der Waals surface area contributed by atoms with E-state index in [0.717, 1.165) is 62.2 Å². The van der Waals surface area contributed by atoms with Gasteiger partial charge >= 0.3 is 0 Å². The van der Waals surface area contributed by atoms with Crippen LogP contribution in [0.4, 0.5) is 11.6 Å². The first-order valence-electron chi connectivity index (χ1n) is 16.0. The number of likely N-dealkylation sites (tertiary alicyclic amines) is 1. The van der Waals surface area contributed by atoms with Crippen molar-refractivity contribution >= 4 is 45.4 Å². The fourth-order valence-electron chi connectivity index (χ4n) is 6.67. The van der Waals surface area contributed by atoms with Gasteiger partial charge < -0.3 is 19.7 Å². The maximum Gasteiger partial charge on any atom is 0.263 e. The molecule has 1 unspecified atom stereocenters. The molecule has 0 bridgehead atoms. The minimum absolute atomic E-state index is 0.118.